The smallest absolute Gasteiger partial charge is 0.306 e. The maximum atomic E-state index is 11.9. The van der Waals surface area contributed by atoms with Crippen LogP contribution < -0.4 is 9.64 Å². The van der Waals surface area contributed by atoms with Crippen molar-refractivity contribution in [2.45, 2.75) is 52.1 Å². The number of imide groups is 1. The molecule has 1 aliphatic heterocycles. The fourth-order valence-corrected chi connectivity index (χ4v) is 2.71. The van der Waals surface area contributed by atoms with Crippen LogP contribution in [0.3, 0.4) is 0 Å². The quantitative estimate of drug-likeness (QED) is 0.383. The molecule has 2 rings (SSSR count). The number of amides is 2. The standard InChI is InChI=1S/C21H25NO7/c1-21(2,3)29-20(27)5-4-12-28-16-13-15(22-17(23)9-10-18(22)24)8-6-14(16)7-11-19(25)26/h6,8-10,13H,4-5,7,11-12H2,1-3H3,(H,25,26). The summed E-state index contributed by atoms with van der Waals surface area (Å²) in [7, 11) is 0. The Hall–Kier alpha value is -3.16. The van der Waals surface area contributed by atoms with Crippen LogP contribution in [0.1, 0.15) is 45.6 Å². The number of nitrogens with zero attached hydrogens (tertiary/aromatic N) is 1. The number of carboxylic acid groups (broad SMARTS) is 1. The van der Waals surface area contributed by atoms with Gasteiger partial charge in [-0.1, -0.05) is 6.07 Å². The minimum absolute atomic E-state index is 0.0866. The predicted octanol–water partition coefficient (Wildman–Crippen LogP) is 2.63. The monoisotopic (exact) mass is 403 g/mol. The number of esters is 1. The van der Waals surface area contributed by atoms with E-state index in [1.165, 1.54) is 18.2 Å². The highest BCUT2D eigenvalue weighted by atomic mass is 16.6. The number of ether oxygens (including phenoxy) is 2. The molecule has 0 aromatic heterocycles. The number of benzene rings is 1. The van der Waals surface area contributed by atoms with Crippen LogP contribution in [0.15, 0.2) is 30.4 Å². The first-order valence-corrected chi connectivity index (χ1v) is 9.32. The van der Waals surface area contributed by atoms with Crippen LogP contribution in [0.25, 0.3) is 0 Å². The Balaban J connectivity index is 2.06. The van der Waals surface area contributed by atoms with E-state index in [9.17, 15) is 19.2 Å². The third kappa shape index (κ3) is 6.74. The van der Waals surface area contributed by atoms with E-state index in [4.69, 9.17) is 14.6 Å². The maximum Gasteiger partial charge on any atom is 0.306 e. The second-order valence-electron chi connectivity index (χ2n) is 7.57. The number of hydrogen-bond donors (Lipinski definition) is 1. The van der Waals surface area contributed by atoms with E-state index < -0.39 is 23.4 Å². The summed E-state index contributed by atoms with van der Waals surface area (Å²) >= 11 is 0. The molecule has 2 amide bonds. The second-order valence-corrected chi connectivity index (χ2v) is 7.57. The highest BCUT2D eigenvalue weighted by molar-refractivity contribution is 6.28. The second kappa shape index (κ2) is 9.36. The number of hydrogen-bond acceptors (Lipinski definition) is 6. The highest BCUT2D eigenvalue weighted by Gasteiger charge is 2.26. The molecular formula is C21H25NO7. The van der Waals surface area contributed by atoms with E-state index in [0.717, 1.165) is 4.90 Å². The molecule has 0 aliphatic carbocycles. The fraction of sp³-hybridized carbons (Fsp3) is 0.429. The lowest BCUT2D eigenvalue weighted by Gasteiger charge is -2.20. The van der Waals surface area contributed by atoms with Crippen molar-refractivity contribution in [3.63, 3.8) is 0 Å². The Bertz CT molecular complexity index is 818. The molecule has 1 heterocycles. The summed E-state index contributed by atoms with van der Waals surface area (Å²) in [5, 5.41) is 8.93. The van der Waals surface area contributed by atoms with Crippen molar-refractivity contribution in [3.8, 4) is 5.75 Å². The third-order valence-electron chi connectivity index (χ3n) is 3.93. The summed E-state index contributed by atoms with van der Waals surface area (Å²) < 4.78 is 11.0. The number of carboxylic acids is 1. The third-order valence-corrected chi connectivity index (χ3v) is 3.93. The van der Waals surface area contributed by atoms with Gasteiger partial charge in [-0.15, -0.1) is 0 Å². The molecular weight excluding hydrogens is 378 g/mol. The number of aryl methyl sites for hydroxylation is 1. The van der Waals surface area contributed by atoms with E-state index in [1.807, 2.05) is 0 Å². The molecule has 0 saturated heterocycles. The van der Waals surface area contributed by atoms with Gasteiger partial charge in [-0.05, 0) is 45.2 Å². The normalized spacial score (nSPS) is 13.7. The summed E-state index contributed by atoms with van der Waals surface area (Å²) in [5.41, 5.74) is 0.422. The summed E-state index contributed by atoms with van der Waals surface area (Å²) in [4.78, 5) is 47.5. The number of anilines is 1. The number of carbonyl (C=O) groups excluding carboxylic acids is 3. The molecule has 29 heavy (non-hydrogen) atoms. The lowest BCUT2D eigenvalue weighted by molar-refractivity contribution is -0.155. The molecule has 0 fully saturated rings. The number of aliphatic carboxylic acids is 1. The van der Waals surface area contributed by atoms with Gasteiger partial charge in [0.25, 0.3) is 11.8 Å². The van der Waals surface area contributed by atoms with Crippen molar-refractivity contribution < 1.29 is 33.8 Å². The molecule has 8 heteroatoms. The Morgan fingerprint density at radius 3 is 2.31 bits per heavy atom. The Labute approximate surface area is 169 Å². The number of carbonyl (C=O) groups is 4. The molecule has 0 atom stereocenters. The Kier molecular flexibility index (Phi) is 7.14. The Morgan fingerprint density at radius 1 is 1.07 bits per heavy atom. The molecule has 0 unspecified atom stereocenters. The van der Waals surface area contributed by atoms with E-state index in [0.29, 0.717) is 23.4 Å². The molecule has 1 N–H and O–H groups in total. The van der Waals surface area contributed by atoms with Gasteiger partial charge in [0.05, 0.1) is 12.3 Å². The summed E-state index contributed by atoms with van der Waals surface area (Å²) in [6.45, 7) is 5.56. The first-order chi connectivity index (χ1) is 13.6. The zero-order valence-electron chi connectivity index (χ0n) is 16.8. The van der Waals surface area contributed by atoms with Gasteiger partial charge in [0.15, 0.2) is 0 Å². The average Bonchev–Trinajstić information content (AvgIpc) is 2.94. The van der Waals surface area contributed by atoms with Gasteiger partial charge in [-0.3, -0.25) is 19.2 Å². The average molecular weight is 403 g/mol. The topological polar surface area (TPSA) is 110 Å². The first kappa shape index (κ1) is 22.1. The van der Waals surface area contributed by atoms with E-state index in [1.54, 1.807) is 32.9 Å². The summed E-state index contributed by atoms with van der Waals surface area (Å²) in [5.74, 6) is -1.81. The molecule has 0 radical (unpaired) electrons. The minimum atomic E-state index is -0.945. The van der Waals surface area contributed by atoms with Gasteiger partial charge in [0.1, 0.15) is 11.4 Å². The van der Waals surface area contributed by atoms with Gasteiger partial charge in [0, 0.05) is 31.1 Å². The van der Waals surface area contributed by atoms with Crippen LogP contribution in [-0.2, 0) is 30.3 Å². The van der Waals surface area contributed by atoms with Gasteiger partial charge in [-0.2, -0.15) is 0 Å². The van der Waals surface area contributed by atoms with Crippen LogP contribution in [-0.4, -0.2) is 41.1 Å². The summed E-state index contributed by atoms with van der Waals surface area (Å²) in [6, 6.07) is 4.75. The van der Waals surface area contributed by atoms with Crippen LogP contribution in [0.5, 0.6) is 5.75 Å². The van der Waals surface area contributed by atoms with Gasteiger partial charge in [-0.25, -0.2) is 4.90 Å². The molecule has 1 aliphatic rings. The van der Waals surface area contributed by atoms with Crippen molar-refractivity contribution in [1.29, 1.82) is 0 Å². The van der Waals surface area contributed by atoms with Crippen LogP contribution >= 0.6 is 0 Å². The zero-order valence-corrected chi connectivity index (χ0v) is 16.8. The van der Waals surface area contributed by atoms with Crippen molar-refractivity contribution in [3.05, 3.63) is 35.9 Å². The first-order valence-electron chi connectivity index (χ1n) is 9.32. The molecule has 156 valence electrons. The minimum Gasteiger partial charge on any atom is -0.493 e. The van der Waals surface area contributed by atoms with Crippen molar-refractivity contribution >= 4 is 29.4 Å². The molecule has 0 saturated carbocycles. The van der Waals surface area contributed by atoms with E-state index >= 15 is 0 Å². The fourth-order valence-electron chi connectivity index (χ4n) is 2.71. The van der Waals surface area contributed by atoms with Gasteiger partial charge < -0.3 is 14.6 Å². The SMILES string of the molecule is CC(C)(C)OC(=O)CCCOc1cc(N2C(=O)C=CC2=O)ccc1CCC(=O)O. The molecule has 1 aromatic carbocycles. The van der Waals surface area contributed by atoms with Crippen LogP contribution in [0.2, 0.25) is 0 Å². The zero-order chi connectivity index (χ0) is 21.6. The van der Waals surface area contributed by atoms with Crippen LogP contribution in [0.4, 0.5) is 5.69 Å². The highest BCUT2D eigenvalue weighted by Crippen LogP contribution is 2.29. The summed E-state index contributed by atoms with van der Waals surface area (Å²) in [6.07, 6.45) is 3.09. The molecule has 8 nitrogen and oxygen atoms in total. The molecule has 0 bridgehead atoms. The van der Waals surface area contributed by atoms with Crippen molar-refractivity contribution in [2.75, 3.05) is 11.5 Å². The van der Waals surface area contributed by atoms with E-state index in [-0.39, 0.29) is 31.8 Å². The largest absolute Gasteiger partial charge is 0.493 e. The maximum absolute atomic E-state index is 11.9. The van der Waals surface area contributed by atoms with E-state index in [2.05, 4.69) is 0 Å². The predicted molar refractivity (Wildman–Crippen MR) is 105 cm³/mol. The molecule has 1 aromatic rings. The number of rotatable bonds is 9. The van der Waals surface area contributed by atoms with Crippen molar-refractivity contribution in [1.82, 2.24) is 0 Å². The molecule has 0 spiro atoms. The van der Waals surface area contributed by atoms with Crippen LogP contribution in [0, 0.1) is 0 Å². The van der Waals surface area contributed by atoms with Gasteiger partial charge >= 0.3 is 11.9 Å². The lowest BCUT2D eigenvalue weighted by Crippen LogP contribution is -2.29. The lowest BCUT2D eigenvalue weighted by atomic mass is 10.1. The Morgan fingerprint density at radius 2 is 1.72 bits per heavy atom. The van der Waals surface area contributed by atoms with Crippen molar-refractivity contribution in [2.24, 2.45) is 0 Å². The van der Waals surface area contributed by atoms with Gasteiger partial charge in [0.2, 0.25) is 0 Å².